The molecule has 1 aliphatic rings. The van der Waals surface area contributed by atoms with Gasteiger partial charge in [-0.15, -0.1) is 10.2 Å². The maximum atomic E-state index is 12.2. The summed E-state index contributed by atoms with van der Waals surface area (Å²) in [6, 6.07) is 8.33. The number of carbonyl (C=O) groups excluding carboxylic acids is 1. The zero-order valence-corrected chi connectivity index (χ0v) is 13.4. The molecule has 0 unspecified atom stereocenters. The fourth-order valence-corrected chi connectivity index (χ4v) is 3.32. The van der Waals surface area contributed by atoms with Crippen molar-refractivity contribution in [1.29, 1.82) is 0 Å². The molecular weight excluding hydrogens is 298 g/mol. The number of amides is 1. The summed E-state index contributed by atoms with van der Waals surface area (Å²) in [6.07, 6.45) is 2.30. The predicted octanol–water partition coefficient (Wildman–Crippen LogP) is 2.80. The van der Waals surface area contributed by atoms with Crippen LogP contribution in [-0.2, 0) is 16.0 Å². The van der Waals surface area contributed by atoms with Crippen LogP contribution in [0.5, 0.6) is 0 Å². The minimum Gasteiger partial charge on any atom is -0.381 e. The van der Waals surface area contributed by atoms with E-state index in [0.29, 0.717) is 18.3 Å². The number of benzene rings is 1. The van der Waals surface area contributed by atoms with Gasteiger partial charge in [-0.2, -0.15) is 0 Å². The molecular formula is C16H19N3O2S. The van der Waals surface area contributed by atoms with Crippen molar-refractivity contribution in [2.24, 2.45) is 5.92 Å². The summed E-state index contributed by atoms with van der Waals surface area (Å²) in [5.41, 5.74) is 2.44. The lowest BCUT2D eigenvalue weighted by Crippen LogP contribution is -2.28. The van der Waals surface area contributed by atoms with Crippen LogP contribution in [0.1, 0.15) is 29.0 Å². The Morgan fingerprint density at radius 2 is 2.18 bits per heavy atom. The molecule has 1 fully saturated rings. The van der Waals surface area contributed by atoms with Gasteiger partial charge in [0, 0.05) is 25.6 Å². The number of rotatable bonds is 4. The minimum atomic E-state index is 0.0258. The Kier molecular flexibility index (Phi) is 4.80. The van der Waals surface area contributed by atoms with E-state index in [1.807, 2.05) is 6.07 Å². The van der Waals surface area contributed by atoms with Crippen molar-refractivity contribution >= 4 is 22.4 Å². The number of nitrogens with one attached hydrogen (secondary N) is 1. The summed E-state index contributed by atoms with van der Waals surface area (Å²) < 4.78 is 5.27. The average molecular weight is 317 g/mol. The molecule has 0 atom stereocenters. The molecule has 1 N–H and O–H groups in total. The first-order valence-corrected chi connectivity index (χ1v) is 8.29. The third kappa shape index (κ3) is 3.90. The number of nitrogens with zero attached hydrogens (tertiary/aromatic N) is 2. The lowest BCUT2D eigenvalue weighted by atomic mass is 10.00. The SMILES string of the molecule is Cc1cccc(Cc2nnc(NC(=O)C3CCOCC3)s2)c1. The molecule has 0 saturated carbocycles. The zero-order valence-electron chi connectivity index (χ0n) is 12.5. The molecule has 3 rings (SSSR count). The second kappa shape index (κ2) is 6.98. The van der Waals surface area contributed by atoms with Crippen LogP contribution in [0.2, 0.25) is 0 Å². The molecule has 1 aliphatic heterocycles. The number of carbonyl (C=O) groups is 1. The first kappa shape index (κ1) is 15.1. The van der Waals surface area contributed by atoms with Crippen molar-refractivity contribution in [1.82, 2.24) is 10.2 Å². The van der Waals surface area contributed by atoms with E-state index in [1.165, 1.54) is 22.5 Å². The first-order valence-electron chi connectivity index (χ1n) is 7.47. The van der Waals surface area contributed by atoms with Gasteiger partial charge in [0.2, 0.25) is 11.0 Å². The Morgan fingerprint density at radius 3 is 2.95 bits per heavy atom. The normalized spacial score (nSPS) is 15.7. The number of aryl methyl sites for hydroxylation is 1. The van der Waals surface area contributed by atoms with Crippen molar-refractivity contribution in [3.63, 3.8) is 0 Å². The highest BCUT2D eigenvalue weighted by atomic mass is 32.1. The second-order valence-corrected chi connectivity index (χ2v) is 6.60. The third-order valence-corrected chi connectivity index (χ3v) is 4.57. The molecule has 1 aromatic carbocycles. The topological polar surface area (TPSA) is 64.1 Å². The third-order valence-electron chi connectivity index (χ3n) is 3.73. The molecule has 0 spiro atoms. The molecule has 5 nitrogen and oxygen atoms in total. The molecule has 116 valence electrons. The van der Waals surface area contributed by atoms with Crippen LogP contribution in [0.4, 0.5) is 5.13 Å². The van der Waals surface area contributed by atoms with E-state index in [4.69, 9.17) is 4.74 Å². The van der Waals surface area contributed by atoms with E-state index in [-0.39, 0.29) is 11.8 Å². The summed E-state index contributed by atoms with van der Waals surface area (Å²) in [5.74, 6) is 0.0550. The standard InChI is InChI=1S/C16H19N3O2S/c1-11-3-2-4-12(9-11)10-14-18-19-16(22-14)17-15(20)13-5-7-21-8-6-13/h2-4,9,13H,5-8,10H2,1H3,(H,17,19,20). The fourth-order valence-electron chi connectivity index (χ4n) is 2.54. The summed E-state index contributed by atoms with van der Waals surface area (Å²) >= 11 is 1.44. The number of ether oxygens (including phenoxy) is 1. The number of anilines is 1. The van der Waals surface area contributed by atoms with Gasteiger partial charge in [0.05, 0.1) is 0 Å². The maximum absolute atomic E-state index is 12.2. The van der Waals surface area contributed by atoms with Crippen molar-refractivity contribution in [3.05, 3.63) is 40.4 Å². The zero-order chi connectivity index (χ0) is 15.4. The van der Waals surface area contributed by atoms with Gasteiger partial charge < -0.3 is 10.1 Å². The maximum Gasteiger partial charge on any atom is 0.229 e. The molecule has 0 aliphatic carbocycles. The van der Waals surface area contributed by atoms with Crippen molar-refractivity contribution in [3.8, 4) is 0 Å². The quantitative estimate of drug-likeness (QED) is 0.942. The number of aromatic nitrogens is 2. The van der Waals surface area contributed by atoms with E-state index < -0.39 is 0 Å². The van der Waals surface area contributed by atoms with Crippen LogP contribution in [0.25, 0.3) is 0 Å². The lowest BCUT2D eigenvalue weighted by Gasteiger charge is -2.20. The van der Waals surface area contributed by atoms with Crippen LogP contribution in [0.15, 0.2) is 24.3 Å². The lowest BCUT2D eigenvalue weighted by molar-refractivity contribution is -0.122. The highest BCUT2D eigenvalue weighted by Crippen LogP contribution is 2.22. The van der Waals surface area contributed by atoms with Crippen LogP contribution in [0.3, 0.4) is 0 Å². The largest absolute Gasteiger partial charge is 0.381 e. The monoisotopic (exact) mass is 317 g/mol. The molecule has 2 heterocycles. The first-order chi connectivity index (χ1) is 10.7. The average Bonchev–Trinajstić information content (AvgIpc) is 2.95. The van der Waals surface area contributed by atoms with Gasteiger partial charge in [-0.05, 0) is 25.3 Å². The highest BCUT2D eigenvalue weighted by Gasteiger charge is 2.22. The van der Waals surface area contributed by atoms with Crippen LogP contribution < -0.4 is 5.32 Å². The summed E-state index contributed by atoms with van der Waals surface area (Å²) in [7, 11) is 0. The summed E-state index contributed by atoms with van der Waals surface area (Å²) in [6.45, 7) is 3.39. The van der Waals surface area contributed by atoms with Gasteiger partial charge >= 0.3 is 0 Å². The molecule has 0 radical (unpaired) electrons. The number of hydrogen-bond donors (Lipinski definition) is 1. The molecule has 1 saturated heterocycles. The van der Waals surface area contributed by atoms with E-state index in [1.54, 1.807) is 0 Å². The van der Waals surface area contributed by atoms with E-state index in [2.05, 4.69) is 40.6 Å². The molecule has 1 amide bonds. The van der Waals surface area contributed by atoms with Crippen molar-refractivity contribution in [2.45, 2.75) is 26.2 Å². The van der Waals surface area contributed by atoms with Gasteiger partial charge in [-0.1, -0.05) is 41.2 Å². The van der Waals surface area contributed by atoms with Crippen molar-refractivity contribution < 1.29 is 9.53 Å². The highest BCUT2D eigenvalue weighted by molar-refractivity contribution is 7.15. The molecule has 0 bridgehead atoms. The van der Waals surface area contributed by atoms with Gasteiger partial charge in [-0.25, -0.2) is 0 Å². The molecule has 6 heteroatoms. The van der Waals surface area contributed by atoms with Crippen molar-refractivity contribution in [2.75, 3.05) is 18.5 Å². The second-order valence-electron chi connectivity index (χ2n) is 5.54. The van der Waals surface area contributed by atoms with Gasteiger partial charge in [0.25, 0.3) is 0 Å². The van der Waals surface area contributed by atoms with Crippen LogP contribution in [0, 0.1) is 12.8 Å². The van der Waals surface area contributed by atoms with E-state index in [9.17, 15) is 4.79 Å². The Labute approximate surface area is 133 Å². The minimum absolute atomic E-state index is 0.0258. The fraction of sp³-hybridized carbons (Fsp3) is 0.438. The molecule has 2 aromatic rings. The summed E-state index contributed by atoms with van der Waals surface area (Å²) in [4.78, 5) is 12.2. The van der Waals surface area contributed by atoms with Crippen LogP contribution in [-0.4, -0.2) is 29.3 Å². The molecule has 1 aromatic heterocycles. The van der Waals surface area contributed by atoms with E-state index in [0.717, 1.165) is 24.3 Å². The molecule has 22 heavy (non-hydrogen) atoms. The van der Waals surface area contributed by atoms with Gasteiger partial charge in [0.1, 0.15) is 5.01 Å². The number of hydrogen-bond acceptors (Lipinski definition) is 5. The van der Waals surface area contributed by atoms with Crippen LogP contribution >= 0.6 is 11.3 Å². The Bertz CT molecular complexity index is 650. The van der Waals surface area contributed by atoms with Gasteiger partial charge in [-0.3, -0.25) is 4.79 Å². The Balaban J connectivity index is 1.60. The smallest absolute Gasteiger partial charge is 0.229 e. The Hall–Kier alpha value is -1.79. The van der Waals surface area contributed by atoms with E-state index >= 15 is 0 Å². The van der Waals surface area contributed by atoms with Gasteiger partial charge in [0.15, 0.2) is 0 Å². The summed E-state index contributed by atoms with van der Waals surface area (Å²) in [5, 5.41) is 12.6. The predicted molar refractivity (Wildman–Crippen MR) is 86.1 cm³/mol. The Morgan fingerprint density at radius 1 is 1.36 bits per heavy atom.